The van der Waals surface area contributed by atoms with Gasteiger partial charge in [-0.15, -0.1) is 0 Å². The summed E-state index contributed by atoms with van der Waals surface area (Å²) in [6, 6.07) is 2.77. The van der Waals surface area contributed by atoms with Crippen LogP contribution in [-0.4, -0.2) is 48.3 Å². The average molecular weight is 807 g/mol. The molecule has 0 amide bonds. The Morgan fingerprint density at radius 3 is 0.741 bits per heavy atom. The Hall–Kier alpha value is -2.90. The Morgan fingerprint density at radius 1 is 0.379 bits per heavy atom. The van der Waals surface area contributed by atoms with Crippen LogP contribution in [0.5, 0.6) is 0 Å². The number of rotatable bonds is 12. The molecule has 0 spiro atoms. The van der Waals surface area contributed by atoms with E-state index in [-0.39, 0.29) is 70.3 Å². The smallest absolute Gasteiger partial charge is 0.339 e. The van der Waals surface area contributed by atoms with Crippen molar-refractivity contribution in [1.82, 2.24) is 0 Å². The molecule has 58 heavy (non-hydrogen) atoms. The number of ether oxygens (including phenoxy) is 4. The van der Waals surface area contributed by atoms with Crippen LogP contribution >= 0.6 is 0 Å². The van der Waals surface area contributed by atoms with Gasteiger partial charge in [0.25, 0.3) is 0 Å². The molecule has 0 bridgehead atoms. The minimum atomic E-state index is -0.685. The quantitative estimate of drug-likeness (QED) is 0.152. The van der Waals surface area contributed by atoms with Gasteiger partial charge in [-0.3, -0.25) is 0 Å². The molecule has 4 aliphatic rings. The van der Waals surface area contributed by atoms with Crippen molar-refractivity contribution in [3.8, 4) is 0 Å². The highest BCUT2D eigenvalue weighted by atomic mass is 16.6. The summed E-state index contributed by atoms with van der Waals surface area (Å²) in [5.74, 6) is 0.615. The van der Waals surface area contributed by atoms with Crippen molar-refractivity contribution in [2.75, 3.05) is 0 Å². The predicted octanol–water partition coefficient (Wildman–Crippen LogP) is 12.2. The van der Waals surface area contributed by atoms with Crippen LogP contribution in [0.15, 0.2) is 12.1 Å². The molecule has 4 fully saturated rings. The van der Waals surface area contributed by atoms with Crippen molar-refractivity contribution in [2.24, 2.45) is 71.0 Å². The van der Waals surface area contributed by atoms with E-state index >= 15 is 0 Å². The van der Waals surface area contributed by atoms with E-state index in [2.05, 4.69) is 83.1 Å². The summed E-state index contributed by atoms with van der Waals surface area (Å²) in [4.78, 5) is 58.5. The van der Waals surface area contributed by atoms with Crippen molar-refractivity contribution < 1.29 is 38.1 Å². The highest BCUT2D eigenvalue weighted by Crippen LogP contribution is 2.41. The number of carbonyl (C=O) groups is 4. The molecule has 0 aliphatic heterocycles. The second-order valence-corrected chi connectivity index (χ2v) is 21.0. The van der Waals surface area contributed by atoms with E-state index in [1.165, 1.54) is 12.1 Å². The molecule has 0 heterocycles. The van der Waals surface area contributed by atoms with E-state index in [0.29, 0.717) is 47.3 Å². The lowest BCUT2D eigenvalue weighted by Crippen LogP contribution is -2.38. The third-order valence-corrected chi connectivity index (χ3v) is 14.9. The number of hydrogen-bond donors (Lipinski definition) is 0. The normalized spacial score (nSPS) is 33.2. The molecule has 326 valence electrons. The Labute approximate surface area is 351 Å². The first-order chi connectivity index (χ1) is 27.3. The van der Waals surface area contributed by atoms with Gasteiger partial charge in [-0.25, -0.2) is 19.2 Å². The predicted molar refractivity (Wildman–Crippen MR) is 229 cm³/mol. The van der Waals surface area contributed by atoms with Crippen LogP contribution in [0.2, 0.25) is 0 Å². The maximum atomic E-state index is 14.6. The third kappa shape index (κ3) is 11.3. The first-order valence-corrected chi connectivity index (χ1v) is 23.4. The fourth-order valence-electron chi connectivity index (χ4n) is 11.1. The fraction of sp³-hybridized carbons (Fsp3) is 0.800. The molecular weight excluding hydrogens is 729 g/mol. The molecule has 4 aliphatic carbocycles. The van der Waals surface area contributed by atoms with Crippen molar-refractivity contribution in [3.63, 3.8) is 0 Å². The number of benzene rings is 1. The zero-order valence-corrected chi connectivity index (χ0v) is 38.1. The molecule has 0 saturated heterocycles. The molecule has 12 atom stereocenters. The lowest BCUT2D eigenvalue weighted by atomic mass is 9.75. The molecule has 0 aromatic heterocycles. The van der Waals surface area contributed by atoms with Crippen molar-refractivity contribution in [1.29, 1.82) is 0 Å². The van der Waals surface area contributed by atoms with E-state index in [9.17, 15) is 19.2 Å². The minimum absolute atomic E-state index is 0.0667. The van der Waals surface area contributed by atoms with Crippen LogP contribution in [0.3, 0.4) is 0 Å². The van der Waals surface area contributed by atoms with Gasteiger partial charge in [0.2, 0.25) is 0 Å². The molecule has 1 aromatic carbocycles. The molecule has 8 nitrogen and oxygen atoms in total. The van der Waals surface area contributed by atoms with E-state index in [0.717, 1.165) is 77.0 Å². The monoisotopic (exact) mass is 807 g/mol. The summed E-state index contributed by atoms with van der Waals surface area (Å²) in [7, 11) is 0. The number of carbonyl (C=O) groups excluding carboxylic acids is 4. The fourth-order valence-corrected chi connectivity index (χ4v) is 11.1. The van der Waals surface area contributed by atoms with Crippen LogP contribution in [-0.2, 0) is 18.9 Å². The second kappa shape index (κ2) is 20.1. The van der Waals surface area contributed by atoms with Crippen LogP contribution in [0.25, 0.3) is 0 Å². The van der Waals surface area contributed by atoms with Gasteiger partial charge in [-0.2, -0.15) is 0 Å². The summed E-state index contributed by atoms with van der Waals surface area (Å²) < 4.78 is 25.5. The first-order valence-electron chi connectivity index (χ1n) is 23.4. The summed E-state index contributed by atoms with van der Waals surface area (Å²) in [6.07, 6.45) is 9.51. The summed E-state index contributed by atoms with van der Waals surface area (Å²) >= 11 is 0. The van der Waals surface area contributed by atoms with E-state index in [4.69, 9.17) is 18.9 Å². The average Bonchev–Trinajstić information content (AvgIpc) is 3.13. The molecule has 0 unspecified atom stereocenters. The standard InChI is InChI=1S/C50H78O8/c1-27(2)35-17-13-31(9)21-43(35)55-47(51)39-25-41(49(53)57-45-23-33(11)15-19-37(45)29(5)6)42(50(54)58-46-24-34(12)16-20-38(46)30(7)8)26-40(39)48(52)56-44-22-32(10)14-18-36(44)28(3)4/h25-38,43-46H,13-24H2,1-12H3/t31-,32-,33-,34-,35+,36+,37+,38+,43-,44-,45-,46-/m0/s1. The summed E-state index contributed by atoms with van der Waals surface area (Å²) in [5, 5.41) is 0. The van der Waals surface area contributed by atoms with Gasteiger partial charge in [-0.1, -0.05) is 109 Å². The topological polar surface area (TPSA) is 105 Å². The molecule has 0 N–H and O–H groups in total. The molecule has 8 heteroatoms. The highest BCUT2D eigenvalue weighted by Gasteiger charge is 2.41. The molecule has 1 aromatic rings. The Bertz CT molecular complexity index is 1350. The van der Waals surface area contributed by atoms with Crippen molar-refractivity contribution in [3.05, 3.63) is 34.4 Å². The molecule has 5 rings (SSSR count). The van der Waals surface area contributed by atoms with Gasteiger partial charge < -0.3 is 18.9 Å². The summed E-state index contributed by atoms with van der Waals surface area (Å²) in [6.45, 7) is 26.0. The summed E-state index contributed by atoms with van der Waals surface area (Å²) in [5.41, 5.74) is -0.267. The van der Waals surface area contributed by atoms with E-state index in [1.807, 2.05) is 0 Å². The van der Waals surface area contributed by atoms with Crippen LogP contribution in [0, 0.1) is 71.0 Å². The van der Waals surface area contributed by atoms with Crippen LogP contribution in [0.4, 0.5) is 0 Å². The highest BCUT2D eigenvalue weighted by molar-refractivity contribution is 6.10. The van der Waals surface area contributed by atoms with Gasteiger partial charge in [-0.05, 0) is 135 Å². The van der Waals surface area contributed by atoms with Gasteiger partial charge in [0.1, 0.15) is 24.4 Å². The van der Waals surface area contributed by atoms with Gasteiger partial charge in [0, 0.05) is 0 Å². The van der Waals surface area contributed by atoms with Crippen LogP contribution in [0.1, 0.15) is 202 Å². The van der Waals surface area contributed by atoms with Gasteiger partial charge in [0.05, 0.1) is 22.3 Å². The SMILES string of the molecule is CC(C)[C@H]1CC[C@H](C)C[C@@H]1OC(=O)c1cc(C(=O)O[C@H]2C[C@@H](C)CC[C@@H]2C(C)C)c(C(=O)O[C@H]2C[C@@H](C)CC[C@@H]2C(C)C)cc1C(=O)O[C@H]1C[C@@H](C)CC[C@@H]1C(C)C. The second-order valence-electron chi connectivity index (χ2n) is 21.0. The maximum absolute atomic E-state index is 14.6. The largest absolute Gasteiger partial charge is 0.458 e. The zero-order valence-electron chi connectivity index (χ0n) is 38.1. The molecule has 0 radical (unpaired) electrons. The van der Waals surface area contributed by atoms with E-state index < -0.39 is 23.9 Å². The third-order valence-electron chi connectivity index (χ3n) is 14.9. The van der Waals surface area contributed by atoms with Crippen LogP contribution < -0.4 is 0 Å². The maximum Gasteiger partial charge on any atom is 0.339 e. The van der Waals surface area contributed by atoms with Gasteiger partial charge >= 0.3 is 23.9 Å². The van der Waals surface area contributed by atoms with Crippen molar-refractivity contribution in [2.45, 2.75) is 185 Å². The first kappa shape index (κ1) is 46.2. The molecular formula is C50H78O8. The Morgan fingerprint density at radius 2 is 0.569 bits per heavy atom. The van der Waals surface area contributed by atoms with Gasteiger partial charge in [0.15, 0.2) is 0 Å². The lowest BCUT2D eigenvalue weighted by molar-refractivity contribution is -0.0223. The Balaban J connectivity index is 1.62. The lowest BCUT2D eigenvalue weighted by Gasteiger charge is -2.38. The molecule has 4 saturated carbocycles. The number of esters is 4. The number of hydrogen-bond acceptors (Lipinski definition) is 8. The zero-order chi connectivity index (χ0) is 42.6. The Kier molecular flexibility index (Phi) is 16.0. The van der Waals surface area contributed by atoms with Crippen molar-refractivity contribution >= 4 is 23.9 Å². The van der Waals surface area contributed by atoms with E-state index in [1.54, 1.807) is 0 Å². The minimum Gasteiger partial charge on any atom is -0.458 e.